The topological polar surface area (TPSA) is 0 Å². The van der Waals surface area contributed by atoms with E-state index in [1.54, 1.807) is 11.1 Å². The fourth-order valence-corrected chi connectivity index (χ4v) is 5.05. The minimum absolute atomic E-state index is 0.180. The lowest BCUT2D eigenvalue weighted by atomic mass is 9.69. The molecule has 0 bridgehead atoms. The van der Waals surface area contributed by atoms with Crippen LogP contribution in [-0.2, 0) is 16.2 Å². The van der Waals surface area contributed by atoms with Gasteiger partial charge in [-0.25, -0.2) is 0 Å². The molecule has 0 unspecified atom stereocenters. The highest BCUT2D eigenvalue weighted by molar-refractivity contribution is 5.82. The van der Waals surface area contributed by atoms with E-state index < -0.39 is 0 Å². The second-order valence-electron chi connectivity index (χ2n) is 11.3. The first-order chi connectivity index (χ1) is 13.5. The minimum atomic E-state index is 0.180. The van der Waals surface area contributed by atoms with Crippen molar-refractivity contribution in [3.05, 3.63) is 58.7 Å². The largest absolute Gasteiger partial charge is 0.0654 e. The van der Waals surface area contributed by atoms with Crippen LogP contribution < -0.4 is 0 Å². The Morgan fingerprint density at radius 2 is 1.00 bits per heavy atom. The molecular weight excluding hydrogens is 348 g/mol. The van der Waals surface area contributed by atoms with Crippen molar-refractivity contribution in [2.45, 2.75) is 110 Å². The molecule has 1 aliphatic carbocycles. The van der Waals surface area contributed by atoms with E-state index in [0.717, 1.165) is 0 Å². The summed E-state index contributed by atoms with van der Waals surface area (Å²) in [5.74, 6) is 0. The zero-order valence-electron chi connectivity index (χ0n) is 20.2. The maximum Gasteiger partial charge on any atom is 0.0215 e. The van der Waals surface area contributed by atoms with E-state index in [-0.39, 0.29) is 16.2 Å². The number of unbranched alkanes of at least 4 members (excludes halogenated alkanes) is 2. The highest BCUT2D eigenvalue weighted by atomic mass is 14.5. The average Bonchev–Trinajstić information content (AvgIpc) is 2.92. The monoisotopic (exact) mass is 390 g/mol. The van der Waals surface area contributed by atoms with Crippen LogP contribution in [-0.4, -0.2) is 0 Å². The Kier molecular flexibility index (Phi) is 6.06. The Labute approximate surface area is 180 Å². The molecule has 158 valence electrons. The Morgan fingerprint density at radius 1 is 0.621 bits per heavy atom. The Morgan fingerprint density at radius 3 is 1.31 bits per heavy atom. The SMILES string of the molecule is CCCCC1(CCCC)c2cc(C(C)(C)C)ccc2-c2ccc(C(C)(C)C)cc21. The van der Waals surface area contributed by atoms with Crippen LogP contribution in [0.25, 0.3) is 11.1 Å². The number of hydrogen-bond donors (Lipinski definition) is 0. The first-order valence-corrected chi connectivity index (χ1v) is 11.8. The normalized spacial score (nSPS) is 15.3. The summed E-state index contributed by atoms with van der Waals surface area (Å²) in [4.78, 5) is 0. The van der Waals surface area contributed by atoms with E-state index >= 15 is 0 Å². The number of benzene rings is 2. The lowest BCUT2D eigenvalue weighted by molar-refractivity contribution is 0.412. The summed E-state index contributed by atoms with van der Waals surface area (Å²) < 4.78 is 0. The van der Waals surface area contributed by atoms with Gasteiger partial charge in [0.2, 0.25) is 0 Å². The maximum absolute atomic E-state index is 2.57. The van der Waals surface area contributed by atoms with Gasteiger partial charge in [0.25, 0.3) is 0 Å². The van der Waals surface area contributed by atoms with Gasteiger partial charge < -0.3 is 0 Å². The van der Waals surface area contributed by atoms with Crippen molar-refractivity contribution in [1.29, 1.82) is 0 Å². The van der Waals surface area contributed by atoms with Crippen LogP contribution in [0.2, 0.25) is 0 Å². The molecule has 0 radical (unpaired) electrons. The van der Waals surface area contributed by atoms with E-state index in [4.69, 9.17) is 0 Å². The van der Waals surface area contributed by atoms with Gasteiger partial charge in [0.15, 0.2) is 0 Å². The fourth-order valence-electron chi connectivity index (χ4n) is 5.05. The third-order valence-corrected chi connectivity index (χ3v) is 7.01. The van der Waals surface area contributed by atoms with E-state index in [2.05, 4.69) is 91.8 Å². The molecule has 0 amide bonds. The zero-order chi connectivity index (χ0) is 21.4. The number of rotatable bonds is 6. The van der Waals surface area contributed by atoms with Gasteiger partial charge in [-0.3, -0.25) is 0 Å². The summed E-state index contributed by atoms with van der Waals surface area (Å²) in [7, 11) is 0. The zero-order valence-corrected chi connectivity index (χ0v) is 20.2. The van der Waals surface area contributed by atoms with Gasteiger partial charge in [0.1, 0.15) is 0 Å². The molecule has 0 saturated heterocycles. The summed E-state index contributed by atoms with van der Waals surface area (Å²) in [6.45, 7) is 18.7. The third-order valence-electron chi connectivity index (χ3n) is 7.01. The lowest BCUT2D eigenvalue weighted by Crippen LogP contribution is -2.27. The highest BCUT2D eigenvalue weighted by Gasteiger charge is 2.43. The molecule has 0 nitrogen and oxygen atoms in total. The number of fused-ring (bicyclic) bond motifs is 3. The van der Waals surface area contributed by atoms with Crippen LogP contribution in [0, 0.1) is 0 Å². The van der Waals surface area contributed by atoms with Gasteiger partial charge in [-0.15, -0.1) is 0 Å². The van der Waals surface area contributed by atoms with Crippen molar-refractivity contribution >= 4 is 0 Å². The minimum Gasteiger partial charge on any atom is -0.0654 e. The Hall–Kier alpha value is -1.56. The summed E-state index contributed by atoms with van der Waals surface area (Å²) in [6, 6.07) is 14.7. The van der Waals surface area contributed by atoms with Crippen LogP contribution in [0.1, 0.15) is 116 Å². The van der Waals surface area contributed by atoms with Crippen molar-refractivity contribution in [2.24, 2.45) is 0 Å². The molecule has 0 spiro atoms. The standard InChI is InChI=1S/C29H42/c1-9-11-17-29(18-12-10-2)25-19-21(27(3,4)5)13-15-23(25)24-16-14-22(20-26(24)29)28(6,7)8/h13-16,19-20H,9-12,17-18H2,1-8H3. The van der Waals surface area contributed by atoms with Crippen molar-refractivity contribution < 1.29 is 0 Å². The van der Waals surface area contributed by atoms with Gasteiger partial charge in [-0.05, 0) is 57.1 Å². The Balaban J connectivity index is 2.29. The predicted molar refractivity (Wildman–Crippen MR) is 129 cm³/mol. The average molecular weight is 391 g/mol. The molecule has 2 aromatic rings. The molecule has 2 aromatic carbocycles. The van der Waals surface area contributed by atoms with Crippen molar-refractivity contribution in [1.82, 2.24) is 0 Å². The van der Waals surface area contributed by atoms with Crippen LogP contribution >= 0.6 is 0 Å². The van der Waals surface area contributed by atoms with Gasteiger partial charge in [0, 0.05) is 5.41 Å². The summed E-state index contributed by atoms with van der Waals surface area (Å²) in [6.07, 6.45) is 7.65. The van der Waals surface area contributed by atoms with Crippen molar-refractivity contribution in [3.63, 3.8) is 0 Å². The molecule has 0 N–H and O–H groups in total. The van der Waals surface area contributed by atoms with E-state index in [0.29, 0.717) is 0 Å². The number of hydrogen-bond acceptors (Lipinski definition) is 0. The summed E-state index contributed by atoms with van der Waals surface area (Å²) in [5, 5.41) is 0. The summed E-state index contributed by atoms with van der Waals surface area (Å²) in [5.41, 5.74) is 9.67. The molecule has 0 heteroatoms. The van der Waals surface area contributed by atoms with E-state index in [1.807, 2.05) is 0 Å². The van der Waals surface area contributed by atoms with Gasteiger partial charge >= 0.3 is 0 Å². The van der Waals surface area contributed by atoms with Crippen LogP contribution in [0.4, 0.5) is 0 Å². The maximum atomic E-state index is 2.57. The van der Waals surface area contributed by atoms with Gasteiger partial charge in [0.05, 0.1) is 0 Å². The second-order valence-corrected chi connectivity index (χ2v) is 11.3. The molecule has 1 aliphatic rings. The molecular formula is C29H42. The molecule has 29 heavy (non-hydrogen) atoms. The molecule has 0 aromatic heterocycles. The van der Waals surface area contributed by atoms with Crippen LogP contribution in [0.15, 0.2) is 36.4 Å². The molecule has 3 rings (SSSR count). The summed E-state index contributed by atoms with van der Waals surface area (Å²) >= 11 is 0. The van der Waals surface area contributed by atoms with Gasteiger partial charge in [-0.1, -0.05) is 117 Å². The van der Waals surface area contributed by atoms with Crippen LogP contribution in [0.3, 0.4) is 0 Å². The lowest BCUT2D eigenvalue weighted by Gasteiger charge is -2.34. The molecule has 0 saturated carbocycles. The smallest absolute Gasteiger partial charge is 0.0215 e. The third kappa shape index (κ3) is 4.05. The predicted octanol–water partition coefficient (Wildman–Crippen LogP) is 8.93. The first-order valence-electron chi connectivity index (χ1n) is 11.8. The molecule has 0 heterocycles. The highest BCUT2D eigenvalue weighted by Crippen LogP contribution is 2.55. The molecule has 0 fully saturated rings. The molecule has 0 aliphatic heterocycles. The first kappa shape index (κ1) is 22.1. The fraction of sp³-hybridized carbons (Fsp3) is 0.586. The van der Waals surface area contributed by atoms with Crippen molar-refractivity contribution in [2.75, 3.05) is 0 Å². The van der Waals surface area contributed by atoms with Gasteiger partial charge in [-0.2, -0.15) is 0 Å². The Bertz CT molecular complexity index is 781. The quantitative estimate of drug-likeness (QED) is 0.462. The van der Waals surface area contributed by atoms with E-state index in [1.165, 1.54) is 60.8 Å². The van der Waals surface area contributed by atoms with Crippen molar-refractivity contribution in [3.8, 4) is 11.1 Å². The van der Waals surface area contributed by atoms with E-state index in [9.17, 15) is 0 Å². The second kappa shape index (κ2) is 7.93. The van der Waals surface area contributed by atoms with Crippen LogP contribution in [0.5, 0.6) is 0 Å². The molecule has 0 atom stereocenters.